The van der Waals surface area contributed by atoms with Crippen molar-refractivity contribution in [2.45, 2.75) is 39.0 Å². The Morgan fingerprint density at radius 3 is 2.44 bits per heavy atom. The molecule has 0 aromatic carbocycles. The maximum absolute atomic E-state index is 11.4. The van der Waals surface area contributed by atoms with Gasteiger partial charge in [-0.2, -0.15) is 0 Å². The molecular weight excluding hydrogens is 206 g/mol. The van der Waals surface area contributed by atoms with Crippen molar-refractivity contribution in [3.05, 3.63) is 0 Å². The lowest BCUT2D eigenvalue weighted by Crippen LogP contribution is -2.51. The van der Waals surface area contributed by atoms with Gasteiger partial charge < -0.3 is 10.0 Å². The summed E-state index contributed by atoms with van der Waals surface area (Å²) in [7, 11) is 0. The van der Waals surface area contributed by atoms with Gasteiger partial charge >= 0.3 is 5.97 Å². The molecule has 1 saturated carbocycles. The second-order valence-electron chi connectivity index (χ2n) is 5.12. The van der Waals surface area contributed by atoms with Gasteiger partial charge in [-0.15, -0.1) is 0 Å². The topological polar surface area (TPSA) is 57.6 Å². The van der Waals surface area contributed by atoms with Gasteiger partial charge in [-0.25, -0.2) is 0 Å². The molecule has 1 unspecified atom stereocenters. The van der Waals surface area contributed by atoms with Crippen molar-refractivity contribution in [1.29, 1.82) is 0 Å². The van der Waals surface area contributed by atoms with Crippen LogP contribution in [0.15, 0.2) is 0 Å². The van der Waals surface area contributed by atoms with E-state index in [2.05, 4.69) is 0 Å². The van der Waals surface area contributed by atoms with Crippen LogP contribution in [0.4, 0.5) is 0 Å². The lowest BCUT2D eigenvalue weighted by molar-refractivity contribution is -0.163. The first-order chi connectivity index (χ1) is 7.56. The van der Waals surface area contributed by atoms with Crippen molar-refractivity contribution in [3.63, 3.8) is 0 Å². The van der Waals surface area contributed by atoms with E-state index in [9.17, 15) is 14.7 Å². The van der Waals surface area contributed by atoms with E-state index in [-0.39, 0.29) is 11.8 Å². The van der Waals surface area contributed by atoms with Gasteiger partial charge in [0.05, 0.1) is 5.41 Å². The minimum atomic E-state index is -0.658. The Hall–Kier alpha value is -1.06. The van der Waals surface area contributed by atoms with E-state index in [1.54, 1.807) is 11.8 Å². The predicted octanol–water partition coefficient (Wildman–Crippen LogP) is 1.50. The average Bonchev–Trinajstić information content (AvgIpc) is 2.15. The molecule has 0 radical (unpaired) electrons. The van der Waals surface area contributed by atoms with Gasteiger partial charge in [0.15, 0.2) is 0 Å². The number of amides is 1. The molecule has 1 atom stereocenters. The number of carbonyl (C=O) groups excluding carboxylic acids is 1. The van der Waals surface area contributed by atoms with Crippen molar-refractivity contribution in [1.82, 2.24) is 4.90 Å². The van der Waals surface area contributed by atoms with Crippen LogP contribution < -0.4 is 0 Å². The number of hydrogen-bond donors (Lipinski definition) is 1. The average molecular weight is 225 g/mol. The Kier molecular flexibility index (Phi) is 2.91. The van der Waals surface area contributed by atoms with Gasteiger partial charge in [-0.3, -0.25) is 9.59 Å². The number of carboxylic acids is 1. The number of carbonyl (C=O) groups is 2. The molecule has 1 aliphatic heterocycles. The van der Waals surface area contributed by atoms with Crippen molar-refractivity contribution in [2.75, 3.05) is 13.1 Å². The van der Waals surface area contributed by atoms with Crippen molar-refractivity contribution in [3.8, 4) is 0 Å². The van der Waals surface area contributed by atoms with Gasteiger partial charge in [-0.05, 0) is 31.6 Å². The highest BCUT2D eigenvalue weighted by molar-refractivity contribution is 5.77. The molecule has 4 heteroatoms. The number of nitrogens with zero attached hydrogens (tertiary/aromatic N) is 1. The SMILES string of the molecule is CC(=O)N1CCCC(C2(C(=O)O)CCC2)C1. The van der Waals surface area contributed by atoms with E-state index in [4.69, 9.17) is 0 Å². The zero-order chi connectivity index (χ0) is 11.8. The third kappa shape index (κ3) is 1.70. The van der Waals surface area contributed by atoms with E-state index >= 15 is 0 Å². The summed E-state index contributed by atoms with van der Waals surface area (Å²) in [5, 5.41) is 9.36. The lowest BCUT2D eigenvalue weighted by Gasteiger charge is -2.47. The summed E-state index contributed by atoms with van der Waals surface area (Å²) in [6.45, 7) is 3.00. The predicted molar refractivity (Wildman–Crippen MR) is 58.9 cm³/mol. The fourth-order valence-corrected chi connectivity index (χ4v) is 3.07. The van der Waals surface area contributed by atoms with Gasteiger partial charge in [0.1, 0.15) is 0 Å². The summed E-state index contributed by atoms with van der Waals surface area (Å²) in [6.07, 6.45) is 4.50. The van der Waals surface area contributed by atoms with Crippen LogP contribution in [0.25, 0.3) is 0 Å². The van der Waals surface area contributed by atoms with E-state index in [0.29, 0.717) is 6.54 Å². The summed E-state index contributed by atoms with van der Waals surface area (Å²) < 4.78 is 0. The Morgan fingerprint density at radius 1 is 1.31 bits per heavy atom. The Morgan fingerprint density at radius 2 is 2.00 bits per heavy atom. The van der Waals surface area contributed by atoms with Crippen LogP contribution in [0, 0.1) is 11.3 Å². The number of rotatable bonds is 2. The summed E-state index contributed by atoms with van der Waals surface area (Å²) in [5.74, 6) is -0.421. The molecular formula is C12H19NO3. The molecule has 2 fully saturated rings. The molecule has 0 aromatic heterocycles. The van der Waals surface area contributed by atoms with Crippen LogP contribution in [0.3, 0.4) is 0 Å². The molecule has 16 heavy (non-hydrogen) atoms. The van der Waals surface area contributed by atoms with Gasteiger partial charge in [0.25, 0.3) is 0 Å². The molecule has 2 rings (SSSR count). The number of carboxylic acid groups (broad SMARTS) is 1. The van der Waals surface area contributed by atoms with E-state index in [0.717, 1.165) is 38.6 Å². The Balaban J connectivity index is 2.08. The fourth-order valence-electron chi connectivity index (χ4n) is 3.07. The first-order valence-electron chi connectivity index (χ1n) is 6.05. The molecule has 1 N–H and O–H groups in total. The van der Waals surface area contributed by atoms with Gasteiger partial charge in [-0.1, -0.05) is 6.42 Å². The minimum Gasteiger partial charge on any atom is -0.481 e. The van der Waals surface area contributed by atoms with Crippen LogP contribution in [0.5, 0.6) is 0 Å². The molecule has 1 amide bonds. The number of aliphatic carboxylic acids is 1. The minimum absolute atomic E-state index is 0.0737. The van der Waals surface area contributed by atoms with Crippen LogP contribution in [0.1, 0.15) is 39.0 Å². The first kappa shape index (κ1) is 11.4. The standard InChI is InChI=1S/C12H19NO3/c1-9(14)13-7-2-4-10(8-13)12(11(15)16)5-3-6-12/h10H,2-8H2,1H3,(H,15,16). The molecule has 1 heterocycles. The third-order valence-corrected chi connectivity index (χ3v) is 4.32. The zero-order valence-electron chi connectivity index (χ0n) is 9.74. The smallest absolute Gasteiger partial charge is 0.309 e. The fraction of sp³-hybridized carbons (Fsp3) is 0.833. The van der Waals surface area contributed by atoms with E-state index in [1.807, 2.05) is 0 Å². The zero-order valence-corrected chi connectivity index (χ0v) is 9.74. The van der Waals surface area contributed by atoms with E-state index in [1.165, 1.54) is 0 Å². The number of piperidine rings is 1. The molecule has 0 spiro atoms. The largest absolute Gasteiger partial charge is 0.481 e. The summed E-state index contributed by atoms with van der Waals surface area (Å²) >= 11 is 0. The molecule has 1 aliphatic carbocycles. The quantitative estimate of drug-likeness (QED) is 0.774. The van der Waals surface area contributed by atoms with E-state index < -0.39 is 11.4 Å². The van der Waals surface area contributed by atoms with Crippen molar-refractivity contribution < 1.29 is 14.7 Å². The highest BCUT2D eigenvalue weighted by atomic mass is 16.4. The van der Waals surface area contributed by atoms with Crippen LogP contribution >= 0.6 is 0 Å². The lowest BCUT2D eigenvalue weighted by atomic mass is 9.59. The molecule has 90 valence electrons. The maximum Gasteiger partial charge on any atom is 0.309 e. The number of hydrogen-bond acceptors (Lipinski definition) is 2. The number of likely N-dealkylation sites (tertiary alicyclic amines) is 1. The van der Waals surface area contributed by atoms with Crippen LogP contribution in [-0.2, 0) is 9.59 Å². The molecule has 1 saturated heterocycles. The molecule has 0 bridgehead atoms. The first-order valence-corrected chi connectivity index (χ1v) is 6.05. The summed E-state index contributed by atoms with van der Waals surface area (Å²) in [6, 6.07) is 0. The Labute approximate surface area is 95.6 Å². The van der Waals surface area contributed by atoms with Crippen LogP contribution in [-0.4, -0.2) is 35.0 Å². The van der Waals surface area contributed by atoms with Gasteiger partial charge in [0.2, 0.25) is 5.91 Å². The van der Waals surface area contributed by atoms with Crippen molar-refractivity contribution in [2.24, 2.45) is 11.3 Å². The van der Waals surface area contributed by atoms with Gasteiger partial charge in [0, 0.05) is 20.0 Å². The monoisotopic (exact) mass is 225 g/mol. The summed E-state index contributed by atoms with van der Waals surface area (Å²) in [4.78, 5) is 24.5. The molecule has 4 nitrogen and oxygen atoms in total. The molecule has 0 aromatic rings. The highest BCUT2D eigenvalue weighted by Gasteiger charge is 2.51. The second kappa shape index (κ2) is 4.07. The third-order valence-electron chi connectivity index (χ3n) is 4.32. The summed E-state index contributed by atoms with van der Waals surface area (Å²) in [5.41, 5.74) is -0.520. The Bertz CT molecular complexity index is 309. The van der Waals surface area contributed by atoms with Crippen molar-refractivity contribution >= 4 is 11.9 Å². The normalized spacial score (nSPS) is 28.3. The second-order valence-corrected chi connectivity index (χ2v) is 5.12. The maximum atomic E-state index is 11.4. The highest BCUT2D eigenvalue weighted by Crippen LogP contribution is 2.50. The van der Waals surface area contributed by atoms with Crippen LogP contribution in [0.2, 0.25) is 0 Å². The molecule has 2 aliphatic rings.